The molecule has 1 atom stereocenters. The molecule has 21 heavy (non-hydrogen) atoms. The van der Waals surface area contributed by atoms with Crippen molar-refractivity contribution in [2.45, 2.75) is 26.3 Å². The average Bonchev–Trinajstić information content (AvgIpc) is 2.46. The fourth-order valence-electron chi connectivity index (χ4n) is 2.73. The Kier molecular flexibility index (Phi) is 4.96. The number of piperazine rings is 1. The van der Waals surface area contributed by atoms with E-state index in [0.29, 0.717) is 13.1 Å². The highest BCUT2D eigenvalue weighted by molar-refractivity contribution is 5.95. The van der Waals surface area contributed by atoms with Crippen molar-refractivity contribution < 1.29 is 14.7 Å². The molecule has 1 saturated heterocycles. The van der Waals surface area contributed by atoms with Gasteiger partial charge >= 0.3 is 5.97 Å². The molecule has 0 aliphatic carbocycles. The molecule has 1 aromatic carbocycles. The lowest BCUT2D eigenvalue weighted by Crippen LogP contribution is -2.51. The first-order chi connectivity index (χ1) is 9.99. The van der Waals surface area contributed by atoms with Gasteiger partial charge in [-0.15, -0.1) is 0 Å². The summed E-state index contributed by atoms with van der Waals surface area (Å²) in [6, 6.07) is 7.62. The number of hydrogen-bond acceptors (Lipinski definition) is 3. The third-order valence-electron chi connectivity index (χ3n) is 4.07. The Bertz CT molecular complexity index is 522. The van der Waals surface area contributed by atoms with Crippen LogP contribution in [0.4, 0.5) is 0 Å². The van der Waals surface area contributed by atoms with Gasteiger partial charge in [0.25, 0.3) is 5.91 Å². The lowest BCUT2D eigenvalue weighted by molar-refractivity contribution is -0.138. The second-order valence-electron chi connectivity index (χ2n) is 5.59. The van der Waals surface area contributed by atoms with E-state index >= 15 is 0 Å². The molecule has 0 spiro atoms. The molecule has 1 N–H and O–H groups in total. The van der Waals surface area contributed by atoms with Gasteiger partial charge in [-0.3, -0.25) is 14.5 Å². The fourth-order valence-corrected chi connectivity index (χ4v) is 2.73. The molecule has 5 nitrogen and oxygen atoms in total. The first-order valence-electron chi connectivity index (χ1n) is 7.30. The standard InChI is InChI=1S/C16H22N2O3/c1-12-5-3-4-6-14(12)16(21)18-9-7-17(8-10-18)13(2)11-15(19)20/h3-6,13H,7-11H2,1-2H3,(H,19,20). The smallest absolute Gasteiger partial charge is 0.304 e. The molecule has 1 unspecified atom stereocenters. The normalized spacial score (nSPS) is 17.5. The fraction of sp³-hybridized carbons (Fsp3) is 0.500. The summed E-state index contributed by atoms with van der Waals surface area (Å²) in [5.41, 5.74) is 1.74. The Hall–Kier alpha value is -1.88. The zero-order valence-corrected chi connectivity index (χ0v) is 12.6. The topological polar surface area (TPSA) is 60.9 Å². The van der Waals surface area contributed by atoms with Crippen LogP contribution in [0.5, 0.6) is 0 Å². The Morgan fingerprint density at radius 2 is 1.81 bits per heavy atom. The second-order valence-corrected chi connectivity index (χ2v) is 5.59. The minimum absolute atomic E-state index is 0.0122. The third kappa shape index (κ3) is 3.82. The molecule has 1 aliphatic heterocycles. The highest BCUT2D eigenvalue weighted by atomic mass is 16.4. The van der Waals surface area contributed by atoms with Crippen molar-refractivity contribution >= 4 is 11.9 Å². The molecule has 0 aromatic heterocycles. The number of aryl methyl sites for hydroxylation is 1. The second kappa shape index (κ2) is 6.72. The molecule has 0 bridgehead atoms. The zero-order chi connectivity index (χ0) is 15.4. The van der Waals surface area contributed by atoms with E-state index < -0.39 is 5.97 Å². The van der Waals surface area contributed by atoms with Gasteiger partial charge in [-0.25, -0.2) is 0 Å². The van der Waals surface area contributed by atoms with E-state index in [1.54, 1.807) is 0 Å². The lowest BCUT2D eigenvalue weighted by atomic mass is 10.1. The Balaban J connectivity index is 1.93. The van der Waals surface area contributed by atoms with E-state index in [1.807, 2.05) is 43.0 Å². The van der Waals surface area contributed by atoms with Crippen molar-refractivity contribution in [3.8, 4) is 0 Å². The summed E-state index contributed by atoms with van der Waals surface area (Å²) in [4.78, 5) is 27.2. The first kappa shape index (κ1) is 15.5. The summed E-state index contributed by atoms with van der Waals surface area (Å²) >= 11 is 0. The molecule has 1 fully saturated rings. The SMILES string of the molecule is Cc1ccccc1C(=O)N1CCN(C(C)CC(=O)O)CC1. The van der Waals surface area contributed by atoms with Gasteiger partial charge in [-0.1, -0.05) is 18.2 Å². The predicted molar refractivity (Wildman–Crippen MR) is 80.4 cm³/mol. The van der Waals surface area contributed by atoms with Crippen LogP contribution < -0.4 is 0 Å². The number of carboxylic acid groups (broad SMARTS) is 1. The van der Waals surface area contributed by atoms with Crippen LogP contribution in [-0.2, 0) is 4.79 Å². The van der Waals surface area contributed by atoms with E-state index in [9.17, 15) is 9.59 Å². The molecule has 1 aliphatic rings. The molecule has 1 aromatic rings. The number of aliphatic carboxylic acids is 1. The molecule has 114 valence electrons. The van der Waals surface area contributed by atoms with Crippen LogP contribution in [0.3, 0.4) is 0 Å². The van der Waals surface area contributed by atoms with Crippen molar-refractivity contribution in [1.29, 1.82) is 0 Å². The molecular formula is C16H22N2O3. The van der Waals surface area contributed by atoms with Gasteiger partial charge in [0.15, 0.2) is 0 Å². The van der Waals surface area contributed by atoms with Gasteiger partial charge in [0.05, 0.1) is 6.42 Å². The highest BCUT2D eigenvalue weighted by Crippen LogP contribution is 2.14. The molecule has 0 saturated carbocycles. The van der Waals surface area contributed by atoms with E-state index in [0.717, 1.165) is 24.2 Å². The van der Waals surface area contributed by atoms with Crippen LogP contribution in [0.1, 0.15) is 29.3 Å². The minimum atomic E-state index is -0.777. The average molecular weight is 290 g/mol. The molecule has 5 heteroatoms. The summed E-state index contributed by atoms with van der Waals surface area (Å²) in [7, 11) is 0. The van der Waals surface area contributed by atoms with Gasteiger partial charge < -0.3 is 10.0 Å². The highest BCUT2D eigenvalue weighted by Gasteiger charge is 2.26. The minimum Gasteiger partial charge on any atom is -0.481 e. The van der Waals surface area contributed by atoms with Crippen LogP contribution in [0.2, 0.25) is 0 Å². The van der Waals surface area contributed by atoms with Crippen LogP contribution in [0, 0.1) is 6.92 Å². The molecule has 2 rings (SSSR count). The molecule has 1 heterocycles. The lowest BCUT2D eigenvalue weighted by Gasteiger charge is -2.37. The van der Waals surface area contributed by atoms with E-state index in [4.69, 9.17) is 5.11 Å². The van der Waals surface area contributed by atoms with E-state index in [-0.39, 0.29) is 18.4 Å². The van der Waals surface area contributed by atoms with Crippen LogP contribution in [0.25, 0.3) is 0 Å². The summed E-state index contributed by atoms with van der Waals surface area (Å²) in [6.07, 6.45) is 0.145. The van der Waals surface area contributed by atoms with Gasteiger partial charge in [0, 0.05) is 37.8 Å². The molecular weight excluding hydrogens is 268 g/mol. The monoisotopic (exact) mass is 290 g/mol. The third-order valence-corrected chi connectivity index (χ3v) is 4.07. The van der Waals surface area contributed by atoms with Crippen molar-refractivity contribution in [1.82, 2.24) is 9.80 Å². The summed E-state index contributed by atoms with van der Waals surface area (Å²) in [6.45, 7) is 6.62. The van der Waals surface area contributed by atoms with Crippen molar-refractivity contribution in [2.75, 3.05) is 26.2 Å². The van der Waals surface area contributed by atoms with E-state index in [1.165, 1.54) is 0 Å². The van der Waals surface area contributed by atoms with Crippen molar-refractivity contribution in [3.63, 3.8) is 0 Å². The van der Waals surface area contributed by atoms with Gasteiger partial charge in [-0.05, 0) is 25.5 Å². The molecule has 0 radical (unpaired) electrons. The van der Waals surface area contributed by atoms with Crippen molar-refractivity contribution in [3.05, 3.63) is 35.4 Å². The summed E-state index contributed by atoms with van der Waals surface area (Å²) in [5, 5.41) is 8.84. The van der Waals surface area contributed by atoms with Gasteiger partial charge in [0.2, 0.25) is 0 Å². The summed E-state index contributed by atoms with van der Waals surface area (Å²) < 4.78 is 0. The maximum absolute atomic E-state index is 12.5. The van der Waals surface area contributed by atoms with E-state index in [2.05, 4.69) is 4.90 Å². The maximum atomic E-state index is 12.5. The zero-order valence-electron chi connectivity index (χ0n) is 12.6. The number of carboxylic acids is 1. The first-order valence-corrected chi connectivity index (χ1v) is 7.30. The quantitative estimate of drug-likeness (QED) is 0.915. The number of nitrogens with zero attached hydrogens (tertiary/aromatic N) is 2. The number of hydrogen-bond donors (Lipinski definition) is 1. The number of benzene rings is 1. The maximum Gasteiger partial charge on any atom is 0.304 e. The number of rotatable bonds is 4. The summed E-state index contributed by atoms with van der Waals surface area (Å²) in [5.74, 6) is -0.709. The number of carbonyl (C=O) groups is 2. The van der Waals surface area contributed by atoms with Crippen molar-refractivity contribution in [2.24, 2.45) is 0 Å². The van der Waals surface area contributed by atoms with Gasteiger partial charge in [-0.2, -0.15) is 0 Å². The van der Waals surface area contributed by atoms with Crippen LogP contribution >= 0.6 is 0 Å². The van der Waals surface area contributed by atoms with Gasteiger partial charge in [0.1, 0.15) is 0 Å². The predicted octanol–water partition coefficient (Wildman–Crippen LogP) is 1.62. The largest absolute Gasteiger partial charge is 0.481 e. The Morgan fingerprint density at radius 1 is 1.19 bits per heavy atom. The Morgan fingerprint density at radius 3 is 2.38 bits per heavy atom. The Labute approximate surface area is 125 Å². The van der Waals surface area contributed by atoms with Crippen LogP contribution in [0.15, 0.2) is 24.3 Å². The molecule has 1 amide bonds. The number of carbonyl (C=O) groups excluding carboxylic acids is 1. The van der Waals surface area contributed by atoms with Crippen LogP contribution in [-0.4, -0.2) is 59.0 Å². The number of amides is 1.